The minimum atomic E-state index is -0.0952. The molecular formula is C15H17N3O2S2. The molecule has 0 unspecified atom stereocenters. The summed E-state index contributed by atoms with van der Waals surface area (Å²) in [6.07, 6.45) is 1.92. The van der Waals surface area contributed by atoms with Crippen molar-refractivity contribution in [2.45, 2.75) is 0 Å². The lowest BCUT2D eigenvalue weighted by Crippen LogP contribution is -2.44. The van der Waals surface area contributed by atoms with Gasteiger partial charge in [0.1, 0.15) is 10.1 Å². The topological polar surface area (TPSA) is 44.8 Å². The minimum Gasteiger partial charge on any atom is -0.495 e. The third-order valence-electron chi connectivity index (χ3n) is 3.68. The second-order valence-electron chi connectivity index (χ2n) is 5.03. The number of anilines is 1. The van der Waals surface area contributed by atoms with Gasteiger partial charge in [0.15, 0.2) is 0 Å². The van der Waals surface area contributed by atoms with Gasteiger partial charge in [0.05, 0.1) is 17.7 Å². The first-order valence-electron chi connectivity index (χ1n) is 7.04. The van der Waals surface area contributed by atoms with Crippen LogP contribution in [0.2, 0.25) is 0 Å². The Balaban J connectivity index is 1.64. The summed E-state index contributed by atoms with van der Waals surface area (Å²) in [5.41, 5.74) is 1.12. The number of methoxy groups -OCH3 is 1. The van der Waals surface area contributed by atoms with E-state index in [1.54, 1.807) is 7.11 Å². The van der Waals surface area contributed by atoms with Crippen LogP contribution in [0, 0.1) is 0 Å². The molecule has 1 aromatic rings. The zero-order valence-corrected chi connectivity index (χ0v) is 13.9. The number of carbonyl (C=O) groups is 1. The average molecular weight is 335 g/mol. The maximum atomic E-state index is 11.7. The number of ether oxygens (including phenoxy) is 1. The fourth-order valence-electron chi connectivity index (χ4n) is 2.56. The number of piperazine rings is 1. The monoisotopic (exact) mass is 335 g/mol. The summed E-state index contributed by atoms with van der Waals surface area (Å²) >= 11 is 6.33. The molecular weight excluding hydrogens is 318 g/mol. The molecule has 0 bridgehead atoms. The van der Waals surface area contributed by atoms with Gasteiger partial charge >= 0.3 is 0 Å². The molecule has 7 heteroatoms. The highest BCUT2D eigenvalue weighted by Crippen LogP contribution is 2.29. The molecule has 1 aromatic carbocycles. The van der Waals surface area contributed by atoms with E-state index < -0.39 is 0 Å². The highest BCUT2D eigenvalue weighted by Gasteiger charge is 2.24. The van der Waals surface area contributed by atoms with Crippen molar-refractivity contribution in [2.24, 2.45) is 0 Å². The van der Waals surface area contributed by atoms with Crippen LogP contribution in [0.25, 0.3) is 0 Å². The number of carbonyl (C=O) groups excluding carboxylic acids is 1. The lowest BCUT2D eigenvalue weighted by molar-refractivity contribution is -0.115. The molecule has 2 saturated heterocycles. The number of nitrogens with zero attached hydrogens (tertiary/aromatic N) is 2. The number of rotatable bonds is 3. The average Bonchev–Trinajstić information content (AvgIpc) is 2.85. The van der Waals surface area contributed by atoms with Gasteiger partial charge in [-0.2, -0.15) is 0 Å². The number of hydrogen-bond acceptors (Lipinski definition) is 6. The van der Waals surface area contributed by atoms with E-state index in [1.165, 1.54) is 11.8 Å². The van der Waals surface area contributed by atoms with Crippen molar-refractivity contribution in [2.75, 3.05) is 38.2 Å². The van der Waals surface area contributed by atoms with E-state index in [9.17, 15) is 4.79 Å². The van der Waals surface area contributed by atoms with Gasteiger partial charge in [-0.1, -0.05) is 36.1 Å². The van der Waals surface area contributed by atoms with Crippen LogP contribution >= 0.6 is 24.0 Å². The molecule has 2 aliphatic heterocycles. The van der Waals surface area contributed by atoms with Crippen molar-refractivity contribution in [1.29, 1.82) is 0 Å². The van der Waals surface area contributed by atoms with Crippen LogP contribution in [-0.2, 0) is 4.79 Å². The molecule has 2 heterocycles. The lowest BCUT2D eigenvalue weighted by atomic mass is 10.2. The van der Waals surface area contributed by atoms with Crippen LogP contribution in [0.1, 0.15) is 0 Å². The SMILES string of the molecule is COc1ccccc1N1CCN(C=C2SC(=S)NC2=O)CC1. The van der Waals surface area contributed by atoms with Gasteiger partial charge in [0.25, 0.3) is 5.91 Å². The smallest absolute Gasteiger partial charge is 0.265 e. The standard InChI is InChI=1S/C15H17N3O2S2/c1-20-12-5-3-2-4-11(12)18-8-6-17(7-9-18)10-13-14(19)16-15(21)22-13/h2-5,10H,6-9H2,1H3,(H,16,19,21). The van der Waals surface area contributed by atoms with Crippen LogP contribution in [0.3, 0.4) is 0 Å². The van der Waals surface area contributed by atoms with E-state index in [0.717, 1.165) is 37.6 Å². The predicted octanol–water partition coefficient (Wildman–Crippen LogP) is 1.81. The highest BCUT2D eigenvalue weighted by molar-refractivity contribution is 8.26. The van der Waals surface area contributed by atoms with Crippen molar-refractivity contribution in [3.05, 3.63) is 35.4 Å². The molecule has 1 amide bonds. The van der Waals surface area contributed by atoms with Gasteiger partial charge in [-0.25, -0.2) is 0 Å². The Morgan fingerprint density at radius 3 is 2.64 bits per heavy atom. The van der Waals surface area contributed by atoms with E-state index in [-0.39, 0.29) is 5.91 Å². The maximum Gasteiger partial charge on any atom is 0.265 e. The second-order valence-corrected chi connectivity index (χ2v) is 6.75. The maximum absolute atomic E-state index is 11.7. The highest BCUT2D eigenvalue weighted by atomic mass is 32.2. The van der Waals surface area contributed by atoms with E-state index in [4.69, 9.17) is 17.0 Å². The van der Waals surface area contributed by atoms with Crippen LogP contribution in [-0.4, -0.2) is 48.4 Å². The molecule has 5 nitrogen and oxygen atoms in total. The van der Waals surface area contributed by atoms with Crippen molar-refractivity contribution in [3.63, 3.8) is 0 Å². The molecule has 0 radical (unpaired) electrons. The Kier molecular flexibility index (Phi) is 4.54. The normalized spacial score (nSPS) is 20.5. The van der Waals surface area contributed by atoms with E-state index in [1.807, 2.05) is 24.4 Å². The predicted molar refractivity (Wildman–Crippen MR) is 93.2 cm³/mol. The molecule has 2 fully saturated rings. The summed E-state index contributed by atoms with van der Waals surface area (Å²) in [4.78, 5) is 16.8. The van der Waals surface area contributed by atoms with Gasteiger partial charge < -0.3 is 19.9 Å². The zero-order chi connectivity index (χ0) is 15.5. The number of thioether (sulfide) groups is 1. The van der Waals surface area contributed by atoms with Gasteiger partial charge in [0.2, 0.25) is 0 Å². The summed E-state index contributed by atoms with van der Waals surface area (Å²) in [7, 11) is 1.69. The molecule has 0 aliphatic carbocycles. The number of para-hydroxylation sites is 2. The molecule has 0 atom stereocenters. The quantitative estimate of drug-likeness (QED) is 0.671. The van der Waals surface area contributed by atoms with Crippen LogP contribution < -0.4 is 15.0 Å². The Morgan fingerprint density at radius 2 is 2.00 bits per heavy atom. The molecule has 0 spiro atoms. The van der Waals surface area contributed by atoms with Gasteiger partial charge in [0, 0.05) is 32.4 Å². The van der Waals surface area contributed by atoms with Crippen LogP contribution in [0.15, 0.2) is 35.4 Å². The van der Waals surface area contributed by atoms with E-state index in [0.29, 0.717) is 9.23 Å². The Hall–Kier alpha value is -1.73. The van der Waals surface area contributed by atoms with Crippen molar-refractivity contribution >= 4 is 39.9 Å². The fraction of sp³-hybridized carbons (Fsp3) is 0.333. The molecule has 116 valence electrons. The second kappa shape index (κ2) is 6.58. The van der Waals surface area contributed by atoms with E-state index >= 15 is 0 Å². The van der Waals surface area contributed by atoms with Gasteiger partial charge in [-0.15, -0.1) is 0 Å². The third-order valence-corrected chi connectivity index (χ3v) is 4.83. The molecule has 0 saturated carbocycles. The summed E-state index contributed by atoms with van der Waals surface area (Å²) in [6, 6.07) is 8.05. The van der Waals surface area contributed by atoms with Crippen LogP contribution in [0.4, 0.5) is 5.69 Å². The Labute approximate surface area is 139 Å². The molecule has 2 aliphatic rings. The first-order chi connectivity index (χ1) is 10.7. The lowest BCUT2D eigenvalue weighted by Gasteiger charge is -2.36. The Bertz CT molecular complexity index is 625. The zero-order valence-electron chi connectivity index (χ0n) is 12.2. The number of hydrogen-bond donors (Lipinski definition) is 1. The molecule has 22 heavy (non-hydrogen) atoms. The number of benzene rings is 1. The van der Waals surface area contributed by atoms with Crippen molar-refractivity contribution in [1.82, 2.24) is 10.2 Å². The summed E-state index contributed by atoms with van der Waals surface area (Å²) in [5, 5.41) is 2.64. The van der Waals surface area contributed by atoms with Gasteiger partial charge in [-0.05, 0) is 12.1 Å². The molecule has 0 aromatic heterocycles. The first kappa shape index (κ1) is 15.2. The van der Waals surface area contributed by atoms with Crippen molar-refractivity contribution in [3.8, 4) is 5.75 Å². The van der Waals surface area contributed by atoms with E-state index in [2.05, 4.69) is 21.2 Å². The number of nitrogens with one attached hydrogen (secondary N) is 1. The minimum absolute atomic E-state index is 0.0952. The summed E-state index contributed by atoms with van der Waals surface area (Å²) in [6.45, 7) is 3.51. The van der Waals surface area contributed by atoms with Crippen LogP contribution in [0.5, 0.6) is 5.75 Å². The molecule has 3 rings (SSSR count). The third kappa shape index (κ3) is 3.20. The fourth-order valence-corrected chi connectivity index (χ4v) is 3.61. The van der Waals surface area contributed by atoms with Crippen molar-refractivity contribution < 1.29 is 9.53 Å². The summed E-state index contributed by atoms with van der Waals surface area (Å²) < 4.78 is 5.95. The summed E-state index contributed by atoms with van der Waals surface area (Å²) in [5.74, 6) is 0.799. The first-order valence-corrected chi connectivity index (χ1v) is 8.27. The largest absolute Gasteiger partial charge is 0.495 e. The number of amides is 1. The van der Waals surface area contributed by atoms with Gasteiger partial charge in [-0.3, -0.25) is 4.79 Å². The molecule has 1 N–H and O–H groups in total. The number of thiocarbonyl (C=S) groups is 1. The Morgan fingerprint density at radius 1 is 1.27 bits per heavy atom.